The van der Waals surface area contributed by atoms with Crippen LogP contribution in [-0.2, 0) is 9.53 Å². The minimum Gasteiger partial charge on any atom is -0.457 e. The number of carbonyl (C=O) groups is 2. The van der Waals surface area contributed by atoms with Gasteiger partial charge in [0.2, 0.25) is 5.78 Å². The van der Waals surface area contributed by atoms with E-state index < -0.39 is 4.92 Å². The van der Waals surface area contributed by atoms with E-state index in [1.54, 1.807) is 24.3 Å². The highest BCUT2D eigenvalue weighted by molar-refractivity contribution is 5.99. The largest absolute Gasteiger partial charge is 0.457 e. The number of esters is 1. The number of nitrogens with zero attached hydrogens (tertiary/aromatic N) is 2. The summed E-state index contributed by atoms with van der Waals surface area (Å²) in [4.78, 5) is 37.5. The smallest absolute Gasteiger partial charge is 0.309 e. The van der Waals surface area contributed by atoms with Crippen molar-refractivity contribution in [3.63, 3.8) is 0 Å². The maximum atomic E-state index is 12.4. The van der Waals surface area contributed by atoms with Crippen molar-refractivity contribution < 1.29 is 19.2 Å². The lowest BCUT2D eigenvalue weighted by atomic mass is 9.96. The van der Waals surface area contributed by atoms with E-state index in [0.717, 1.165) is 11.1 Å². The summed E-state index contributed by atoms with van der Waals surface area (Å²) in [5.74, 6) is -0.900. The highest BCUT2D eigenvalue weighted by Crippen LogP contribution is 2.31. The van der Waals surface area contributed by atoms with Crippen LogP contribution in [0.4, 0.5) is 11.4 Å². The van der Waals surface area contributed by atoms with Gasteiger partial charge in [0.05, 0.1) is 10.8 Å². The number of ketones is 1. The number of carbonyl (C=O) groups excluding carboxylic acids is 2. The number of hydrogen-bond acceptors (Lipinski definition) is 6. The molecule has 0 amide bonds. The van der Waals surface area contributed by atoms with E-state index in [4.69, 9.17) is 4.74 Å². The fraction of sp³-hybridized carbons (Fsp3) is 0.364. The monoisotopic (exact) mass is 396 g/mol. The minimum atomic E-state index is -0.394. The van der Waals surface area contributed by atoms with Crippen LogP contribution in [0, 0.1) is 29.9 Å². The van der Waals surface area contributed by atoms with Crippen molar-refractivity contribution in [3.8, 4) is 0 Å². The Morgan fingerprint density at radius 3 is 2.52 bits per heavy atom. The van der Waals surface area contributed by atoms with Crippen molar-refractivity contribution in [2.45, 2.75) is 26.7 Å². The molecule has 1 fully saturated rings. The van der Waals surface area contributed by atoms with Crippen LogP contribution < -0.4 is 4.90 Å². The molecule has 0 radical (unpaired) electrons. The maximum absolute atomic E-state index is 12.4. The maximum Gasteiger partial charge on any atom is 0.309 e. The fourth-order valence-corrected chi connectivity index (χ4v) is 3.61. The Morgan fingerprint density at radius 2 is 1.83 bits per heavy atom. The molecule has 0 saturated carbocycles. The fourth-order valence-electron chi connectivity index (χ4n) is 3.61. The molecule has 0 spiro atoms. The molecule has 0 aliphatic carbocycles. The number of benzene rings is 2. The van der Waals surface area contributed by atoms with E-state index in [1.807, 2.05) is 30.9 Å². The van der Waals surface area contributed by atoms with Crippen LogP contribution in [0.2, 0.25) is 0 Å². The SMILES string of the molecule is Cc1ccc(C)c(C(=O)COC(=O)C2CCN(c3ccccc3[N+](=O)[O-])CC2)c1. The first-order chi connectivity index (χ1) is 13.9. The first kappa shape index (κ1) is 20.5. The number of Topliss-reactive ketones (excluding diaryl/α,β-unsaturated/α-hetero) is 1. The van der Waals surface area contributed by atoms with Gasteiger partial charge in [-0.3, -0.25) is 19.7 Å². The number of ether oxygens (including phenoxy) is 1. The normalized spacial score (nSPS) is 14.5. The molecule has 29 heavy (non-hydrogen) atoms. The third-order valence-corrected chi connectivity index (χ3v) is 5.29. The molecular formula is C22H24N2O5. The number of rotatable bonds is 6. The second kappa shape index (κ2) is 8.86. The van der Waals surface area contributed by atoms with Crippen LogP contribution >= 0.6 is 0 Å². The number of aryl methyl sites for hydroxylation is 2. The van der Waals surface area contributed by atoms with Gasteiger partial charge >= 0.3 is 5.97 Å². The lowest BCUT2D eigenvalue weighted by molar-refractivity contribution is -0.384. The van der Waals surface area contributed by atoms with E-state index in [2.05, 4.69) is 0 Å². The highest BCUT2D eigenvalue weighted by Gasteiger charge is 2.29. The van der Waals surface area contributed by atoms with Crippen molar-refractivity contribution in [2.75, 3.05) is 24.6 Å². The molecule has 3 rings (SSSR count). The lowest BCUT2D eigenvalue weighted by Gasteiger charge is -2.32. The number of para-hydroxylation sites is 2. The van der Waals surface area contributed by atoms with Gasteiger partial charge in [-0.1, -0.05) is 29.8 Å². The Labute approximate surface area is 169 Å². The topological polar surface area (TPSA) is 89.8 Å². The number of anilines is 1. The summed E-state index contributed by atoms with van der Waals surface area (Å²) >= 11 is 0. The van der Waals surface area contributed by atoms with Gasteiger partial charge in [0.15, 0.2) is 6.61 Å². The van der Waals surface area contributed by atoms with Gasteiger partial charge in [-0.25, -0.2) is 0 Å². The highest BCUT2D eigenvalue weighted by atomic mass is 16.6. The summed E-state index contributed by atoms with van der Waals surface area (Å²) in [6.45, 7) is 4.54. The Balaban J connectivity index is 1.55. The average molecular weight is 396 g/mol. The van der Waals surface area contributed by atoms with Crippen LogP contribution in [-0.4, -0.2) is 36.4 Å². The third kappa shape index (κ3) is 4.80. The number of hydrogen-bond donors (Lipinski definition) is 0. The first-order valence-electron chi connectivity index (χ1n) is 9.62. The molecule has 152 valence electrons. The summed E-state index contributed by atoms with van der Waals surface area (Å²) in [6.07, 6.45) is 1.06. The molecule has 2 aromatic carbocycles. The number of nitro groups is 1. The van der Waals surface area contributed by atoms with E-state index in [0.29, 0.717) is 37.2 Å². The Morgan fingerprint density at radius 1 is 1.14 bits per heavy atom. The van der Waals surface area contributed by atoms with Gasteiger partial charge in [-0.2, -0.15) is 0 Å². The lowest BCUT2D eigenvalue weighted by Crippen LogP contribution is -2.37. The van der Waals surface area contributed by atoms with Crippen LogP contribution in [0.1, 0.15) is 34.3 Å². The molecule has 7 nitrogen and oxygen atoms in total. The van der Waals surface area contributed by atoms with E-state index in [-0.39, 0.29) is 30.0 Å². The van der Waals surface area contributed by atoms with Crippen LogP contribution in [0.25, 0.3) is 0 Å². The predicted molar refractivity (Wildman–Crippen MR) is 109 cm³/mol. The van der Waals surface area contributed by atoms with Gasteiger partial charge in [0.1, 0.15) is 5.69 Å². The van der Waals surface area contributed by atoms with Gasteiger partial charge in [-0.05, 0) is 44.4 Å². The molecule has 0 N–H and O–H groups in total. The molecule has 0 bridgehead atoms. The van der Waals surface area contributed by atoms with Crippen molar-refractivity contribution >= 4 is 23.1 Å². The van der Waals surface area contributed by atoms with Crippen molar-refractivity contribution in [3.05, 3.63) is 69.3 Å². The number of piperidine rings is 1. The second-order valence-electron chi connectivity index (χ2n) is 7.36. The van der Waals surface area contributed by atoms with E-state index in [1.165, 1.54) is 6.07 Å². The first-order valence-corrected chi connectivity index (χ1v) is 9.62. The standard InChI is InChI=1S/C22H24N2O5/c1-15-7-8-16(2)18(13-15)21(25)14-29-22(26)17-9-11-23(12-10-17)19-5-3-4-6-20(19)24(27)28/h3-8,13,17H,9-12,14H2,1-2H3. The molecule has 1 saturated heterocycles. The predicted octanol–water partition coefficient (Wildman–Crippen LogP) is 3.85. The molecule has 7 heteroatoms. The average Bonchev–Trinajstić information content (AvgIpc) is 2.73. The Kier molecular flexibility index (Phi) is 6.26. The van der Waals surface area contributed by atoms with Gasteiger partial charge in [0.25, 0.3) is 5.69 Å². The molecule has 0 atom stereocenters. The van der Waals surface area contributed by atoms with Crippen molar-refractivity contribution in [1.29, 1.82) is 0 Å². The zero-order chi connectivity index (χ0) is 21.0. The van der Waals surface area contributed by atoms with Gasteiger partial charge in [-0.15, -0.1) is 0 Å². The summed E-state index contributed by atoms with van der Waals surface area (Å²) in [5, 5.41) is 11.2. The van der Waals surface area contributed by atoms with Crippen molar-refractivity contribution in [1.82, 2.24) is 0 Å². The van der Waals surface area contributed by atoms with E-state index in [9.17, 15) is 19.7 Å². The summed E-state index contributed by atoms with van der Waals surface area (Å²) in [6, 6.07) is 12.2. The van der Waals surface area contributed by atoms with Crippen molar-refractivity contribution in [2.24, 2.45) is 5.92 Å². The summed E-state index contributed by atoms with van der Waals surface area (Å²) < 4.78 is 5.28. The minimum absolute atomic E-state index is 0.0626. The molecule has 0 aromatic heterocycles. The zero-order valence-corrected chi connectivity index (χ0v) is 16.6. The second-order valence-corrected chi connectivity index (χ2v) is 7.36. The molecule has 0 unspecified atom stereocenters. The van der Waals surface area contributed by atoms with Crippen LogP contribution in [0.5, 0.6) is 0 Å². The summed E-state index contributed by atoms with van der Waals surface area (Å²) in [7, 11) is 0. The summed E-state index contributed by atoms with van der Waals surface area (Å²) in [5.41, 5.74) is 3.04. The Hall–Kier alpha value is -3.22. The molecule has 2 aromatic rings. The van der Waals surface area contributed by atoms with Crippen LogP contribution in [0.3, 0.4) is 0 Å². The van der Waals surface area contributed by atoms with E-state index >= 15 is 0 Å². The third-order valence-electron chi connectivity index (χ3n) is 5.29. The Bertz CT molecular complexity index is 933. The molecule has 1 aliphatic heterocycles. The number of nitro benzene ring substituents is 1. The van der Waals surface area contributed by atoms with Gasteiger partial charge < -0.3 is 9.64 Å². The molecular weight excluding hydrogens is 372 g/mol. The van der Waals surface area contributed by atoms with Gasteiger partial charge in [0, 0.05) is 24.7 Å². The quantitative estimate of drug-likeness (QED) is 0.319. The zero-order valence-electron chi connectivity index (χ0n) is 16.6. The molecule has 1 heterocycles. The molecule has 1 aliphatic rings. The van der Waals surface area contributed by atoms with Crippen LogP contribution in [0.15, 0.2) is 42.5 Å².